The number of rotatable bonds is 3. The summed E-state index contributed by atoms with van der Waals surface area (Å²) in [4.78, 5) is 2.07. The van der Waals surface area contributed by atoms with Gasteiger partial charge >= 0.3 is 0 Å². The van der Waals surface area contributed by atoms with Gasteiger partial charge in [-0.1, -0.05) is 12.1 Å². The zero-order chi connectivity index (χ0) is 15.0. The van der Waals surface area contributed by atoms with Crippen molar-refractivity contribution < 1.29 is 0 Å². The van der Waals surface area contributed by atoms with Crippen LogP contribution in [0.4, 0.5) is 22.7 Å². The van der Waals surface area contributed by atoms with Gasteiger partial charge in [0.15, 0.2) is 0 Å². The SMILES string of the molecule is CC(N)c1ccc(N2[N]c3ccc(N(C)C)cc3N2)cc1.Cl.Cl. The maximum Gasteiger partial charge on any atom is 0.111 e. The second kappa shape index (κ2) is 7.64. The molecule has 0 fully saturated rings. The van der Waals surface area contributed by atoms with E-state index in [1.165, 1.54) is 0 Å². The Kier molecular flexibility index (Phi) is 6.38. The number of benzene rings is 2. The van der Waals surface area contributed by atoms with E-state index < -0.39 is 0 Å². The van der Waals surface area contributed by atoms with Gasteiger partial charge in [-0.2, -0.15) is 10.5 Å². The van der Waals surface area contributed by atoms with Crippen molar-refractivity contribution in [3.05, 3.63) is 48.0 Å². The van der Waals surface area contributed by atoms with Crippen LogP contribution in [0.25, 0.3) is 0 Å². The smallest absolute Gasteiger partial charge is 0.111 e. The number of nitrogens with two attached hydrogens (primary N) is 1. The van der Waals surface area contributed by atoms with Crippen molar-refractivity contribution in [2.45, 2.75) is 13.0 Å². The number of halogens is 2. The highest BCUT2D eigenvalue weighted by atomic mass is 35.5. The lowest BCUT2D eigenvalue weighted by Crippen LogP contribution is -2.28. The molecule has 7 heteroatoms. The van der Waals surface area contributed by atoms with Crippen molar-refractivity contribution in [3.63, 3.8) is 0 Å². The second-order valence-corrected chi connectivity index (χ2v) is 5.50. The molecule has 3 rings (SSSR count). The normalized spacial score (nSPS) is 13.0. The largest absolute Gasteiger partial charge is 0.378 e. The lowest BCUT2D eigenvalue weighted by molar-refractivity contribution is 0.815. The molecule has 0 aromatic heterocycles. The molecule has 1 heterocycles. The third kappa shape index (κ3) is 3.93. The maximum atomic E-state index is 5.87. The topological polar surface area (TPSA) is 58.6 Å². The van der Waals surface area contributed by atoms with Gasteiger partial charge in [-0.25, -0.2) is 0 Å². The molecule has 125 valence electrons. The summed E-state index contributed by atoms with van der Waals surface area (Å²) in [5, 5.41) is 1.79. The highest BCUT2D eigenvalue weighted by Gasteiger charge is 2.21. The number of nitrogens with one attached hydrogen (secondary N) is 1. The van der Waals surface area contributed by atoms with E-state index in [1.807, 2.05) is 51.4 Å². The van der Waals surface area contributed by atoms with Gasteiger partial charge in [0, 0.05) is 25.8 Å². The van der Waals surface area contributed by atoms with Crippen LogP contribution in [-0.4, -0.2) is 14.1 Å². The van der Waals surface area contributed by atoms with E-state index in [4.69, 9.17) is 5.73 Å². The lowest BCUT2D eigenvalue weighted by atomic mass is 10.1. The first-order valence-corrected chi connectivity index (χ1v) is 7.00. The molecule has 1 aliphatic heterocycles. The van der Waals surface area contributed by atoms with E-state index in [2.05, 4.69) is 27.9 Å². The standard InChI is InChI=1S/C16H20N5.2ClH/c1-11(17)12-4-6-13(7-5-12)21-18-15-9-8-14(20(2)3)10-16(15)19-21;;/h4-11,19H,17H2,1-3H3;2*1H. The van der Waals surface area contributed by atoms with E-state index in [0.717, 1.165) is 28.3 Å². The van der Waals surface area contributed by atoms with Crippen LogP contribution >= 0.6 is 24.8 Å². The van der Waals surface area contributed by atoms with Crippen LogP contribution in [-0.2, 0) is 0 Å². The average Bonchev–Trinajstić information content (AvgIpc) is 2.90. The van der Waals surface area contributed by atoms with E-state index in [9.17, 15) is 0 Å². The second-order valence-electron chi connectivity index (χ2n) is 5.50. The fraction of sp³-hybridized carbons (Fsp3) is 0.250. The quantitative estimate of drug-likeness (QED) is 0.883. The summed E-state index contributed by atoms with van der Waals surface area (Å²) in [7, 11) is 4.05. The molecule has 1 unspecified atom stereocenters. The molecule has 0 bridgehead atoms. The molecule has 1 aliphatic rings. The van der Waals surface area contributed by atoms with Gasteiger partial charge in [0.05, 0.1) is 11.4 Å². The van der Waals surface area contributed by atoms with Crippen molar-refractivity contribution in [2.75, 3.05) is 29.5 Å². The molecule has 1 atom stereocenters. The number of anilines is 3. The Bertz CT molecular complexity index is 643. The molecule has 0 spiro atoms. The zero-order valence-corrected chi connectivity index (χ0v) is 15.0. The number of hydrazine groups is 1. The number of hydrogen-bond acceptors (Lipinski definition) is 4. The summed E-state index contributed by atoms with van der Waals surface area (Å²) in [6, 6.07) is 14.3. The zero-order valence-electron chi connectivity index (χ0n) is 13.4. The molecular formula is C16H22Cl2N5. The van der Waals surface area contributed by atoms with Crippen LogP contribution in [0.15, 0.2) is 42.5 Å². The molecule has 1 radical (unpaired) electrons. The van der Waals surface area contributed by atoms with Gasteiger partial charge in [0.25, 0.3) is 0 Å². The van der Waals surface area contributed by atoms with Crippen LogP contribution in [0, 0.1) is 0 Å². The van der Waals surface area contributed by atoms with Gasteiger partial charge in [0.2, 0.25) is 0 Å². The van der Waals surface area contributed by atoms with Crippen LogP contribution < -0.4 is 26.6 Å². The number of fused-ring (bicyclic) bond motifs is 1. The average molecular weight is 355 g/mol. The van der Waals surface area contributed by atoms with E-state index >= 15 is 0 Å². The fourth-order valence-electron chi connectivity index (χ4n) is 2.27. The summed E-state index contributed by atoms with van der Waals surface area (Å²) in [5.74, 6) is 0. The fourth-order valence-corrected chi connectivity index (χ4v) is 2.27. The van der Waals surface area contributed by atoms with Gasteiger partial charge in [-0.15, -0.1) is 24.8 Å². The van der Waals surface area contributed by atoms with Crippen molar-refractivity contribution in [1.82, 2.24) is 5.43 Å². The Labute approximate surface area is 149 Å². The minimum absolute atomic E-state index is 0. The molecule has 3 N–H and O–H groups in total. The molecule has 2 aromatic carbocycles. The Morgan fingerprint density at radius 1 is 1.09 bits per heavy atom. The maximum absolute atomic E-state index is 5.87. The van der Waals surface area contributed by atoms with Crippen molar-refractivity contribution in [1.29, 1.82) is 0 Å². The van der Waals surface area contributed by atoms with Crippen LogP contribution in [0.1, 0.15) is 18.5 Å². The Balaban J connectivity index is 0.00000132. The Morgan fingerprint density at radius 2 is 1.74 bits per heavy atom. The highest BCUT2D eigenvalue weighted by molar-refractivity contribution is 5.85. The van der Waals surface area contributed by atoms with Crippen LogP contribution in [0.2, 0.25) is 0 Å². The Hall–Kier alpha value is -1.82. The summed E-state index contributed by atoms with van der Waals surface area (Å²) < 4.78 is 0. The summed E-state index contributed by atoms with van der Waals surface area (Å²) in [6.07, 6.45) is 0. The molecular weight excluding hydrogens is 333 g/mol. The van der Waals surface area contributed by atoms with Gasteiger partial charge in [-0.3, -0.25) is 5.43 Å². The van der Waals surface area contributed by atoms with Gasteiger partial charge in [0.1, 0.15) is 5.69 Å². The van der Waals surface area contributed by atoms with Crippen LogP contribution in [0.3, 0.4) is 0 Å². The molecule has 23 heavy (non-hydrogen) atoms. The molecule has 2 aromatic rings. The minimum Gasteiger partial charge on any atom is -0.378 e. The summed E-state index contributed by atoms with van der Waals surface area (Å²) >= 11 is 0. The monoisotopic (exact) mass is 354 g/mol. The van der Waals surface area contributed by atoms with Crippen molar-refractivity contribution >= 4 is 47.6 Å². The van der Waals surface area contributed by atoms with Crippen molar-refractivity contribution in [3.8, 4) is 0 Å². The van der Waals surface area contributed by atoms with Crippen molar-refractivity contribution in [2.24, 2.45) is 5.73 Å². The predicted molar refractivity (Wildman–Crippen MR) is 102 cm³/mol. The lowest BCUT2D eigenvalue weighted by Gasteiger charge is -2.17. The van der Waals surface area contributed by atoms with E-state index in [1.54, 1.807) is 5.12 Å². The minimum atomic E-state index is 0. The third-order valence-corrected chi connectivity index (χ3v) is 3.59. The van der Waals surface area contributed by atoms with E-state index in [-0.39, 0.29) is 30.9 Å². The number of nitrogens with zero attached hydrogens (tertiary/aromatic N) is 3. The summed E-state index contributed by atoms with van der Waals surface area (Å²) in [5.41, 5.74) is 18.9. The molecule has 5 nitrogen and oxygen atoms in total. The first-order chi connectivity index (χ1) is 10.0. The molecule has 0 saturated carbocycles. The number of hydrogen-bond donors (Lipinski definition) is 2. The van der Waals surface area contributed by atoms with Gasteiger partial charge < -0.3 is 10.6 Å². The van der Waals surface area contributed by atoms with Crippen LogP contribution in [0.5, 0.6) is 0 Å². The molecule has 0 saturated heterocycles. The van der Waals surface area contributed by atoms with E-state index in [0.29, 0.717) is 0 Å². The van der Waals surface area contributed by atoms with Gasteiger partial charge in [-0.05, 0) is 42.8 Å². The highest BCUT2D eigenvalue weighted by Crippen LogP contribution is 2.34. The summed E-state index contributed by atoms with van der Waals surface area (Å²) in [6.45, 7) is 1.98. The predicted octanol–water partition coefficient (Wildman–Crippen LogP) is 3.61. The molecule has 0 aliphatic carbocycles. The first-order valence-electron chi connectivity index (χ1n) is 7.00. The first kappa shape index (κ1) is 19.2. The molecule has 0 amide bonds. The third-order valence-electron chi connectivity index (χ3n) is 3.59. The Morgan fingerprint density at radius 3 is 2.30 bits per heavy atom.